The number of amides is 1. The van der Waals surface area contributed by atoms with Crippen LogP contribution in [-0.4, -0.2) is 41.0 Å². The standard InChI is InChI=1S/C25H26FN3O2/c1-31-20-11-8-18(9-12-20)10-13-23(30)29-16-4-5-19(17-29)24-25(28-15-14-27-24)21-6-2-3-7-22(21)26/h2-3,6-9,11-12,14-15,19H,4-5,10,13,16-17H2,1H3. The lowest BCUT2D eigenvalue weighted by atomic mass is 9.91. The summed E-state index contributed by atoms with van der Waals surface area (Å²) < 4.78 is 19.6. The molecule has 0 saturated carbocycles. The lowest BCUT2D eigenvalue weighted by Gasteiger charge is -2.33. The first kappa shape index (κ1) is 21.0. The number of aryl methyl sites for hydroxylation is 1. The number of rotatable bonds is 6. The van der Waals surface area contributed by atoms with Gasteiger partial charge in [0.15, 0.2) is 0 Å². The molecule has 1 aliphatic heterocycles. The van der Waals surface area contributed by atoms with Gasteiger partial charge in [0, 0.05) is 43.4 Å². The third-order valence-electron chi connectivity index (χ3n) is 5.80. The van der Waals surface area contributed by atoms with Gasteiger partial charge in [-0.25, -0.2) is 4.39 Å². The van der Waals surface area contributed by atoms with Crippen molar-refractivity contribution in [1.82, 2.24) is 14.9 Å². The zero-order valence-corrected chi connectivity index (χ0v) is 17.6. The topological polar surface area (TPSA) is 55.3 Å². The molecule has 1 unspecified atom stereocenters. The van der Waals surface area contributed by atoms with Gasteiger partial charge < -0.3 is 9.64 Å². The number of piperidine rings is 1. The smallest absolute Gasteiger partial charge is 0.222 e. The summed E-state index contributed by atoms with van der Waals surface area (Å²) in [5.74, 6) is 0.676. The molecule has 6 heteroatoms. The Morgan fingerprint density at radius 1 is 1.13 bits per heavy atom. The number of carbonyl (C=O) groups is 1. The molecule has 1 fully saturated rings. The van der Waals surface area contributed by atoms with Crippen LogP contribution in [0.5, 0.6) is 5.75 Å². The SMILES string of the molecule is COc1ccc(CCC(=O)N2CCCC(c3nccnc3-c3ccccc3F)C2)cc1. The predicted molar refractivity (Wildman–Crippen MR) is 117 cm³/mol. The highest BCUT2D eigenvalue weighted by Crippen LogP contribution is 2.33. The molecule has 5 nitrogen and oxygen atoms in total. The maximum absolute atomic E-state index is 14.4. The summed E-state index contributed by atoms with van der Waals surface area (Å²) in [6, 6.07) is 14.4. The summed E-state index contributed by atoms with van der Waals surface area (Å²) >= 11 is 0. The van der Waals surface area contributed by atoms with E-state index in [1.807, 2.05) is 29.2 Å². The Morgan fingerprint density at radius 2 is 1.90 bits per heavy atom. The molecule has 31 heavy (non-hydrogen) atoms. The minimum Gasteiger partial charge on any atom is -0.497 e. The molecule has 1 atom stereocenters. The van der Waals surface area contributed by atoms with Gasteiger partial charge in [0.05, 0.1) is 18.5 Å². The van der Waals surface area contributed by atoms with Gasteiger partial charge in [0.1, 0.15) is 11.6 Å². The molecule has 1 aromatic heterocycles. The predicted octanol–water partition coefficient (Wildman–Crippen LogP) is 4.63. The molecule has 3 aromatic rings. The van der Waals surface area contributed by atoms with Crippen LogP contribution in [-0.2, 0) is 11.2 Å². The van der Waals surface area contributed by atoms with Gasteiger partial charge in [-0.15, -0.1) is 0 Å². The van der Waals surface area contributed by atoms with E-state index in [1.165, 1.54) is 6.07 Å². The number of carbonyl (C=O) groups excluding carboxylic acids is 1. The summed E-state index contributed by atoms with van der Waals surface area (Å²) in [5.41, 5.74) is 2.89. The maximum atomic E-state index is 14.4. The minimum atomic E-state index is -0.313. The van der Waals surface area contributed by atoms with Gasteiger partial charge in [-0.2, -0.15) is 0 Å². The summed E-state index contributed by atoms with van der Waals surface area (Å²) in [6.07, 6.45) is 6.18. The van der Waals surface area contributed by atoms with Crippen molar-refractivity contribution in [3.8, 4) is 17.0 Å². The highest BCUT2D eigenvalue weighted by atomic mass is 19.1. The number of benzene rings is 2. The second-order valence-corrected chi connectivity index (χ2v) is 7.80. The van der Waals surface area contributed by atoms with Crippen molar-refractivity contribution in [3.05, 3.63) is 78.0 Å². The first-order valence-electron chi connectivity index (χ1n) is 10.6. The molecule has 160 valence electrons. The molecular formula is C25H26FN3O2. The number of hydrogen-bond acceptors (Lipinski definition) is 4. The van der Waals surface area contributed by atoms with E-state index in [0.29, 0.717) is 30.6 Å². The Labute approximate surface area is 181 Å². The van der Waals surface area contributed by atoms with Crippen LogP contribution in [0.1, 0.15) is 36.4 Å². The average molecular weight is 420 g/mol. The van der Waals surface area contributed by atoms with Gasteiger partial charge in [-0.3, -0.25) is 14.8 Å². The Hall–Kier alpha value is -3.28. The van der Waals surface area contributed by atoms with Crippen molar-refractivity contribution in [2.45, 2.75) is 31.6 Å². The molecule has 1 aliphatic rings. The van der Waals surface area contributed by atoms with Crippen LogP contribution in [0.4, 0.5) is 4.39 Å². The first-order chi connectivity index (χ1) is 15.2. The van der Waals surface area contributed by atoms with Crippen LogP contribution in [0.25, 0.3) is 11.3 Å². The Morgan fingerprint density at radius 3 is 2.68 bits per heavy atom. The van der Waals surface area contributed by atoms with E-state index >= 15 is 0 Å². The highest BCUT2D eigenvalue weighted by molar-refractivity contribution is 5.76. The molecule has 4 rings (SSSR count). The van der Waals surface area contributed by atoms with Crippen LogP contribution in [0, 0.1) is 5.82 Å². The third kappa shape index (κ3) is 4.90. The maximum Gasteiger partial charge on any atom is 0.222 e. The van der Waals surface area contributed by atoms with Crippen LogP contribution >= 0.6 is 0 Å². The molecule has 0 radical (unpaired) electrons. The van der Waals surface area contributed by atoms with Crippen molar-refractivity contribution in [2.75, 3.05) is 20.2 Å². The van der Waals surface area contributed by atoms with E-state index in [4.69, 9.17) is 4.74 Å². The molecule has 0 N–H and O–H groups in total. The minimum absolute atomic E-state index is 0.0435. The quantitative estimate of drug-likeness (QED) is 0.585. The fraction of sp³-hybridized carbons (Fsp3) is 0.320. The number of likely N-dealkylation sites (tertiary alicyclic amines) is 1. The van der Waals surface area contributed by atoms with Gasteiger partial charge in [0.2, 0.25) is 5.91 Å². The lowest BCUT2D eigenvalue weighted by Crippen LogP contribution is -2.39. The number of methoxy groups -OCH3 is 1. The van der Waals surface area contributed by atoms with E-state index in [1.54, 1.807) is 37.7 Å². The summed E-state index contributed by atoms with van der Waals surface area (Å²) in [7, 11) is 1.64. The van der Waals surface area contributed by atoms with Crippen LogP contribution in [0.3, 0.4) is 0 Å². The number of aromatic nitrogens is 2. The molecule has 0 aliphatic carbocycles. The van der Waals surface area contributed by atoms with Crippen molar-refractivity contribution in [1.29, 1.82) is 0 Å². The summed E-state index contributed by atoms with van der Waals surface area (Å²) in [6.45, 7) is 1.33. The van der Waals surface area contributed by atoms with Crippen LogP contribution in [0.2, 0.25) is 0 Å². The van der Waals surface area contributed by atoms with Crippen LogP contribution < -0.4 is 4.74 Å². The molecule has 2 heterocycles. The first-order valence-corrected chi connectivity index (χ1v) is 10.6. The molecule has 2 aromatic carbocycles. The number of hydrogen-bond donors (Lipinski definition) is 0. The molecule has 1 amide bonds. The Kier molecular flexibility index (Phi) is 6.55. The zero-order valence-electron chi connectivity index (χ0n) is 17.6. The van der Waals surface area contributed by atoms with Gasteiger partial charge in [-0.1, -0.05) is 24.3 Å². The monoisotopic (exact) mass is 419 g/mol. The van der Waals surface area contributed by atoms with Crippen molar-refractivity contribution in [2.24, 2.45) is 0 Å². The van der Waals surface area contributed by atoms with E-state index in [9.17, 15) is 9.18 Å². The van der Waals surface area contributed by atoms with Gasteiger partial charge >= 0.3 is 0 Å². The fourth-order valence-electron chi connectivity index (χ4n) is 4.14. The van der Waals surface area contributed by atoms with E-state index in [2.05, 4.69) is 9.97 Å². The van der Waals surface area contributed by atoms with Crippen LogP contribution in [0.15, 0.2) is 60.9 Å². The van der Waals surface area contributed by atoms with Crippen molar-refractivity contribution >= 4 is 5.91 Å². The third-order valence-corrected chi connectivity index (χ3v) is 5.80. The number of ether oxygens (including phenoxy) is 1. The second-order valence-electron chi connectivity index (χ2n) is 7.80. The van der Waals surface area contributed by atoms with Gasteiger partial charge in [-0.05, 0) is 49.1 Å². The number of halogens is 1. The molecular weight excluding hydrogens is 393 g/mol. The van der Waals surface area contributed by atoms with Crippen molar-refractivity contribution in [3.63, 3.8) is 0 Å². The zero-order chi connectivity index (χ0) is 21.6. The highest BCUT2D eigenvalue weighted by Gasteiger charge is 2.28. The Bertz CT molecular complexity index is 1040. The van der Waals surface area contributed by atoms with Gasteiger partial charge in [0.25, 0.3) is 0 Å². The van der Waals surface area contributed by atoms with E-state index in [0.717, 1.165) is 36.4 Å². The fourth-order valence-corrected chi connectivity index (χ4v) is 4.14. The second kappa shape index (κ2) is 9.69. The normalized spacial score (nSPS) is 16.2. The molecule has 1 saturated heterocycles. The molecule has 0 spiro atoms. The summed E-state index contributed by atoms with van der Waals surface area (Å²) in [5, 5.41) is 0. The lowest BCUT2D eigenvalue weighted by molar-refractivity contribution is -0.132. The van der Waals surface area contributed by atoms with E-state index < -0.39 is 0 Å². The average Bonchev–Trinajstić information content (AvgIpc) is 2.83. The van der Waals surface area contributed by atoms with E-state index in [-0.39, 0.29) is 17.6 Å². The largest absolute Gasteiger partial charge is 0.497 e. The molecule has 0 bridgehead atoms. The number of nitrogens with zero attached hydrogens (tertiary/aromatic N) is 3. The van der Waals surface area contributed by atoms with Crippen molar-refractivity contribution < 1.29 is 13.9 Å². The summed E-state index contributed by atoms with van der Waals surface area (Å²) in [4.78, 5) is 23.8. The Balaban J connectivity index is 1.45.